The molecule has 2 nitrogen and oxygen atoms in total. The van der Waals surface area contributed by atoms with E-state index in [1.165, 1.54) is 77.0 Å². The van der Waals surface area contributed by atoms with Crippen molar-refractivity contribution in [1.29, 1.82) is 0 Å². The van der Waals surface area contributed by atoms with Crippen molar-refractivity contribution in [2.45, 2.75) is 122 Å². The molecule has 0 bridgehead atoms. The summed E-state index contributed by atoms with van der Waals surface area (Å²) in [5.41, 5.74) is 0. The molecule has 0 amide bonds. The lowest BCUT2D eigenvalue weighted by molar-refractivity contribution is 0.147. The second kappa shape index (κ2) is 19.0. The minimum absolute atomic E-state index is 0.0770. The normalized spacial score (nSPS) is 12.7. The summed E-state index contributed by atoms with van der Waals surface area (Å²) in [7, 11) is 0. The second-order valence-corrected chi connectivity index (χ2v) is 6.90. The van der Waals surface area contributed by atoms with E-state index < -0.39 is 0 Å². The van der Waals surface area contributed by atoms with Gasteiger partial charge in [0.15, 0.2) is 0 Å². The highest BCUT2D eigenvalue weighted by Gasteiger charge is 2.03. The molecule has 0 aromatic heterocycles. The van der Waals surface area contributed by atoms with E-state index in [4.69, 9.17) is 5.11 Å². The minimum atomic E-state index is -0.0770. The predicted molar refractivity (Wildman–Crippen MR) is 97.3 cm³/mol. The fourth-order valence-electron chi connectivity index (χ4n) is 3.03. The van der Waals surface area contributed by atoms with E-state index in [9.17, 15) is 5.11 Å². The molecule has 0 saturated heterocycles. The zero-order chi connectivity index (χ0) is 16.3. The summed E-state index contributed by atoms with van der Waals surface area (Å²) in [5.74, 6) is 0. The molecule has 0 aromatic rings. The highest BCUT2D eigenvalue weighted by Crippen LogP contribution is 2.14. The summed E-state index contributed by atoms with van der Waals surface area (Å²) in [6.45, 7) is 2.59. The SMILES string of the molecule is CCCCCCCCCCCCC(O)CCCCCCCO. The van der Waals surface area contributed by atoms with Gasteiger partial charge in [0.2, 0.25) is 0 Å². The molecule has 22 heavy (non-hydrogen) atoms. The van der Waals surface area contributed by atoms with Crippen molar-refractivity contribution < 1.29 is 10.2 Å². The molecular weight excluding hydrogens is 272 g/mol. The molecule has 0 aliphatic carbocycles. The van der Waals surface area contributed by atoms with Gasteiger partial charge in [-0.3, -0.25) is 0 Å². The van der Waals surface area contributed by atoms with E-state index in [0.717, 1.165) is 32.1 Å². The van der Waals surface area contributed by atoms with Crippen molar-refractivity contribution in [2.24, 2.45) is 0 Å². The maximum Gasteiger partial charge on any atom is 0.0540 e. The zero-order valence-corrected chi connectivity index (χ0v) is 15.2. The van der Waals surface area contributed by atoms with Crippen molar-refractivity contribution in [3.8, 4) is 0 Å². The van der Waals surface area contributed by atoms with Crippen LogP contribution in [-0.2, 0) is 0 Å². The molecule has 0 saturated carbocycles. The Bertz CT molecular complexity index is 194. The number of hydrogen-bond acceptors (Lipinski definition) is 2. The van der Waals surface area contributed by atoms with Gasteiger partial charge in [-0.05, 0) is 19.3 Å². The van der Waals surface area contributed by atoms with E-state index in [-0.39, 0.29) is 6.10 Å². The smallest absolute Gasteiger partial charge is 0.0540 e. The van der Waals surface area contributed by atoms with Crippen LogP contribution >= 0.6 is 0 Å². The molecule has 0 aromatic carbocycles. The first-order valence-electron chi connectivity index (χ1n) is 10.1. The molecule has 134 valence electrons. The van der Waals surface area contributed by atoms with Crippen molar-refractivity contribution >= 4 is 0 Å². The van der Waals surface area contributed by atoms with Crippen LogP contribution in [-0.4, -0.2) is 22.9 Å². The lowest BCUT2D eigenvalue weighted by Crippen LogP contribution is -2.05. The Morgan fingerprint density at radius 2 is 0.909 bits per heavy atom. The fraction of sp³-hybridized carbons (Fsp3) is 1.00. The van der Waals surface area contributed by atoms with Crippen molar-refractivity contribution in [3.63, 3.8) is 0 Å². The Balaban J connectivity index is 3.10. The average molecular weight is 315 g/mol. The van der Waals surface area contributed by atoms with Crippen molar-refractivity contribution in [3.05, 3.63) is 0 Å². The van der Waals surface area contributed by atoms with E-state index >= 15 is 0 Å². The van der Waals surface area contributed by atoms with Gasteiger partial charge < -0.3 is 10.2 Å². The average Bonchev–Trinajstić information content (AvgIpc) is 2.52. The number of hydrogen-bond donors (Lipinski definition) is 2. The molecule has 0 aliphatic heterocycles. The van der Waals surface area contributed by atoms with E-state index in [1.807, 2.05) is 0 Å². The lowest BCUT2D eigenvalue weighted by Gasteiger charge is -2.10. The Labute approximate surface area is 139 Å². The van der Waals surface area contributed by atoms with E-state index in [0.29, 0.717) is 6.61 Å². The fourth-order valence-corrected chi connectivity index (χ4v) is 3.03. The number of aliphatic hydroxyl groups excluding tert-OH is 2. The first-order chi connectivity index (χ1) is 10.8. The van der Waals surface area contributed by atoms with Gasteiger partial charge in [-0.1, -0.05) is 96.8 Å². The summed E-state index contributed by atoms with van der Waals surface area (Å²) in [5, 5.41) is 18.6. The summed E-state index contributed by atoms with van der Waals surface area (Å²) in [4.78, 5) is 0. The maximum absolute atomic E-state index is 9.94. The van der Waals surface area contributed by atoms with Gasteiger partial charge in [-0.2, -0.15) is 0 Å². The Kier molecular flexibility index (Phi) is 18.9. The second-order valence-electron chi connectivity index (χ2n) is 6.90. The first-order valence-corrected chi connectivity index (χ1v) is 10.1. The summed E-state index contributed by atoms with van der Waals surface area (Å²) in [6.07, 6.45) is 21.1. The third-order valence-electron chi connectivity index (χ3n) is 4.59. The van der Waals surface area contributed by atoms with Gasteiger partial charge in [0.1, 0.15) is 0 Å². The van der Waals surface area contributed by atoms with Gasteiger partial charge in [0, 0.05) is 6.61 Å². The quantitative estimate of drug-likeness (QED) is 0.305. The van der Waals surface area contributed by atoms with Crippen LogP contribution in [0.4, 0.5) is 0 Å². The predicted octanol–water partition coefficient (Wildman–Crippen LogP) is 5.99. The Hall–Kier alpha value is -0.0800. The minimum Gasteiger partial charge on any atom is -0.396 e. The van der Waals surface area contributed by atoms with Crippen LogP contribution in [0.3, 0.4) is 0 Å². The van der Waals surface area contributed by atoms with Crippen molar-refractivity contribution in [2.75, 3.05) is 6.61 Å². The van der Waals surface area contributed by atoms with E-state index in [2.05, 4.69) is 6.92 Å². The van der Waals surface area contributed by atoms with Crippen LogP contribution in [0.15, 0.2) is 0 Å². The summed E-state index contributed by atoms with van der Waals surface area (Å²) < 4.78 is 0. The standard InChI is InChI=1S/C20H42O2/c1-2-3-4-5-6-7-8-9-11-14-17-20(22)18-15-12-10-13-16-19-21/h20-22H,2-19H2,1H3. The molecule has 0 rings (SSSR count). The van der Waals surface area contributed by atoms with Gasteiger partial charge in [-0.15, -0.1) is 0 Å². The van der Waals surface area contributed by atoms with Crippen LogP contribution < -0.4 is 0 Å². The van der Waals surface area contributed by atoms with Gasteiger partial charge in [0.25, 0.3) is 0 Å². The molecule has 2 heteroatoms. The van der Waals surface area contributed by atoms with Crippen LogP contribution in [0.5, 0.6) is 0 Å². The largest absolute Gasteiger partial charge is 0.396 e. The molecule has 1 atom stereocenters. The molecule has 0 radical (unpaired) electrons. The highest BCUT2D eigenvalue weighted by molar-refractivity contribution is 4.57. The molecule has 1 unspecified atom stereocenters. The van der Waals surface area contributed by atoms with Crippen LogP contribution in [0.1, 0.15) is 116 Å². The molecule has 0 spiro atoms. The lowest BCUT2D eigenvalue weighted by atomic mass is 10.0. The molecular formula is C20H42O2. The number of unbranched alkanes of at least 4 members (excludes halogenated alkanes) is 13. The third kappa shape index (κ3) is 18.0. The molecule has 0 aliphatic rings. The topological polar surface area (TPSA) is 40.5 Å². The van der Waals surface area contributed by atoms with Crippen LogP contribution in [0, 0.1) is 0 Å². The Morgan fingerprint density at radius 3 is 1.32 bits per heavy atom. The van der Waals surface area contributed by atoms with Gasteiger partial charge >= 0.3 is 0 Å². The van der Waals surface area contributed by atoms with Crippen LogP contribution in [0.2, 0.25) is 0 Å². The summed E-state index contributed by atoms with van der Waals surface area (Å²) in [6, 6.07) is 0. The van der Waals surface area contributed by atoms with Crippen molar-refractivity contribution in [1.82, 2.24) is 0 Å². The highest BCUT2D eigenvalue weighted by atomic mass is 16.3. The number of rotatable bonds is 18. The molecule has 2 N–H and O–H groups in total. The van der Waals surface area contributed by atoms with E-state index in [1.54, 1.807) is 0 Å². The van der Waals surface area contributed by atoms with Gasteiger partial charge in [0.05, 0.1) is 6.10 Å². The molecule has 0 heterocycles. The monoisotopic (exact) mass is 314 g/mol. The number of aliphatic hydroxyl groups is 2. The summed E-state index contributed by atoms with van der Waals surface area (Å²) >= 11 is 0. The molecule has 0 fully saturated rings. The van der Waals surface area contributed by atoms with Gasteiger partial charge in [-0.25, -0.2) is 0 Å². The third-order valence-corrected chi connectivity index (χ3v) is 4.59. The maximum atomic E-state index is 9.94. The van der Waals surface area contributed by atoms with Crippen LogP contribution in [0.25, 0.3) is 0 Å². The first kappa shape index (κ1) is 21.9. The Morgan fingerprint density at radius 1 is 0.545 bits per heavy atom. The zero-order valence-electron chi connectivity index (χ0n) is 15.2.